The molecule has 3 N–H and O–H groups in total. The molecule has 0 aliphatic heterocycles. The molecule has 0 spiro atoms. The number of alkyl halides is 2. The third-order valence-electron chi connectivity index (χ3n) is 1.79. The molecule has 0 aliphatic rings. The Morgan fingerprint density at radius 1 is 1.50 bits per heavy atom. The SMILES string of the molecule is COc1cc(C=NNC(N)=O)ccc1OC(F)F. The van der Waals surface area contributed by atoms with Crippen molar-refractivity contribution in [3.63, 3.8) is 0 Å². The van der Waals surface area contributed by atoms with Gasteiger partial charge in [-0.25, -0.2) is 10.2 Å². The van der Waals surface area contributed by atoms with Crippen molar-refractivity contribution in [3.05, 3.63) is 23.8 Å². The van der Waals surface area contributed by atoms with E-state index in [9.17, 15) is 13.6 Å². The lowest BCUT2D eigenvalue weighted by molar-refractivity contribution is -0.0512. The van der Waals surface area contributed by atoms with Crippen LogP contribution >= 0.6 is 0 Å². The Kier molecular flexibility index (Phi) is 4.85. The fourth-order valence-corrected chi connectivity index (χ4v) is 1.13. The number of ether oxygens (including phenoxy) is 2. The van der Waals surface area contributed by atoms with Crippen LogP contribution < -0.4 is 20.6 Å². The lowest BCUT2D eigenvalue weighted by atomic mass is 10.2. The second-order valence-corrected chi connectivity index (χ2v) is 3.02. The molecule has 18 heavy (non-hydrogen) atoms. The van der Waals surface area contributed by atoms with Crippen LogP contribution in [0.25, 0.3) is 0 Å². The van der Waals surface area contributed by atoms with Gasteiger partial charge in [-0.3, -0.25) is 0 Å². The van der Waals surface area contributed by atoms with Crippen LogP contribution in [0.15, 0.2) is 23.3 Å². The minimum atomic E-state index is -2.94. The minimum absolute atomic E-state index is 0.0903. The molecule has 8 heteroatoms. The Labute approximate surface area is 101 Å². The third kappa shape index (κ3) is 4.24. The summed E-state index contributed by atoms with van der Waals surface area (Å²) in [7, 11) is 1.32. The Balaban J connectivity index is 2.84. The van der Waals surface area contributed by atoms with Crippen molar-refractivity contribution in [2.45, 2.75) is 6.61 Å². The molecule has 0 radical (unpaired) electrons. The summed E-state index contributed by atoms with van der Waals surface area (Å²) < 4.78 is 33.3. The second kappa shape index (κ2) is 6.38. The van der Waals surface area contributed by atoms with E-state index in [4.69, 9.17) is 10.5 Å². The Hall–Kier alpha value is -2.38. The summed E-state index contributed by atoms with van der Waals surface area (Å²) in [4.78, 5) is 10.4. The molecular formula is C10H11F2N3O3. The standard InChI is InChI=1S/C10H11F2N3O3/c1-17-8-4-6(5-14-15-10(13)16)2-3-7(8)18-9(11)12/h2-5,9H,1H3,(H3,13,15,16). The van der Waals surface area contributed by atoms with E-state index in [2.05, 4.69) is 9.84 Å². The van der Waals surface area contributed by atoms with E-state index < -0.39 is 12.6 Å². The maximum Gasteiger partial charge on any atom is 0.387 e. The maximum atomic E-state index is 12.1. The molecule has 0 atom stereocenters. The molecule has 1 aromatic rings. The largest absolute Gasteiger partial charge is 0.493 e. The monoisotopic (exact) mass is 259 g/mol. The molecule has 1 aromatic carbocycles. The number of hydrazone groups is 1. The van der Waals surface area contributed by atoms with Gasteiger partial charge in [0.25, 0.3) is 0 Å². The lowest BCUT2D eigenvalue weighted by Gasteiger charge is -2.09. The zero-order valence-electron chi connectivity index (χ0n) is 9.39. The molecule has 0 fully saturated rings. The number of carbonyl (C=O) groups excluding carboxylic acids is 1. The van der Waals surface area contributed by atoms with Crippen molar-refractivity contribution in [1.82, 2.24) is 5.43 Å². The van der Waals surface area contributed by atoms with E-state index in [0.717, 1.165) is 0 Å². The zero-order chi connectivity index (χ0) is 13.5. The van der Waals surface area contributed by atoms with Gasteiger partial charge in [-0.15, -0.1) is 0 Å². The average Bonchev–Trinajstić information content (AvgIpc) is 2.29. The van der Waals surface area contributed by atoms with E-state index in [1.807, 2.05) is 5.43 Å². The Morgan fingerprint density at radius 2 is 2.22 bits per heavy atom. The van der Waals surface area contributed by atoms with Gasteiger partial charge in [-0.1, -0.05) is 0 Å². The van der Waals surface area contributed by atoms with Crippen molar-refractivity contribution in [2.24, 2.45) is 10.8 Å². The topological polar surface area (TPSA) is 85.9 Å². The lowest BCUT2D eigenvalue weighted by Crippen LogP contribution is -2.24. The zero-order valence-corrected chi connectivity index (χ0v) is 9.39. The summed E-state index contributed by atoms with van der Waals surface area (Å²) in [6.07, 6.45) is 1.28. The number of carbonyl (C=O) groups is 1. The van der Waals surface area contributed by atoms with E-state index in [1.54, 1.807) is 0 Å². The van der Waals surface area contributed by atoms with Crippen LogP contribution in [-0.4, -0.2) is 26.0 Å². The fourth-order valence-electron chi connectivity index (χ4n) is 1.13. The smallest absolute Gasteiger partial charge is 0.387 e. The highest BCUT2D eigenvalue weighted by Gasteiger charge is 2.10. The van der Waals surface area contributed by atoms with Crippen LogP contribution in [0, 0.1) is 0 Å². The fraction of sp³-hybridized carbons (Fsp3) is 0.200. The Bertz CT molecular complexity index is 452. The molecule has 0 aliphatic carbocycles. The highest BCUT2D eigenvalue weighted by molar-refractivity contribution is 5.82. The van der Waals surface area contributed by atoms with E-state index in [1.165, 1.54) is 31.5 Å². The predicted octanol–water partition coefficient (Wildman–Crippen LogP) is 1.30. The highest BCUT2D eigenvalue weighted by Crippen LogP contribution is 2.28. The predicted molar refractivity (Wildman–Crippen MR) is 59.9 cm³/mol. The van der Waals surface area contributed by atoms with Crippen molar-refractivity contribution in [2.75, 3.05) is 7.11 Å². The van der Waals surface area contributed by atoms with Gasteiger partial charge in [-0.2, -0.15) is 13.9 Å². The number of urea groups is 1. The second-order valence-electron chi connectivity index (χ2n) is 3.02. The van der Waals surface area contributed by atoms with Crippen molar-refractivity contribution < 1.29 is 23.0 Å². The summed E-state index contributed by atoms with van der Waals surface area (Å²) in [5.41, 5.74) is 7.31. The first kappa shape index (κ1) is 13.7. The van der Waals surface area contributed by atoms with Gasteiger partial charge in [0.2, 0.25) is 0 Å². The van der Waals surface area contributed by atoms with Gasteiger partial charge >= 0.3 is 12.6 Å². The number of primary amides is 1. The maximum absolute atomic E-state index is 12.1. The van der Waals surface area contributed by atoms with Crippen molar-refractivity contribution in [3.8, 4) is 11.5 Å². The first-order valence-electron chi connectivity index (χ1n) is 4.74. The van der Waals surface area contributed by atoms with Crippen molar-refractivity contribution in [1.29, 1.82) is 0 Å². The van der Waals surface area contributed by atoms with Gasteiger partial charge < -0.3 is 15.2 Å². The van der Waals surface area contributed by atoms with Gasteiger partial charge in [0.15, 0.2) is 11.5 Å². The van der Waals surface area contributed by atoms with Gasteiger partial charge in [0.1, 0.15) is 0 Å². The van der Waals surface area contributed by atoms with E-state index >= 15 is 0 Å². The summed E-state index contributed by atoms with van der Waals surface area (Å²) in [6.45, 7) is -2.94. The molecule has 0 heterocycles. The normalized spacial score (nSPS) is 10.7. The minimum Gasteiger partial charge on any atom is -0.493 e. The third-order valence-corrected chi connectivity index (χ3v) is 1.79. The van der Waals surface area contributed by atoms with E-state index in [-0.39, 0.29) is 11.5 Å². The van der Waals surface area contributed by atoms with Crippen LogP contribution in [0.5, 0.6) is 11.5 Å². The first-order chi connectivity index (χ1) is 8.52. The van der Waals surface area contributed by atoms with Gasteiger partial charge in [0.05, 0.1) is 13.3 Å². The van der Waals surface area contributed by atoms with Crippen LogP contribution in [0.4, 0.5) is 13.6 Å². The number of hydrogen-bond donors (Lipinski definition) is 2. The molecule has 6 nitrogen and oxygen atoms in total. The Morgan fingerprint density at radius 3 is 2.78 bits per heavy atom. The molecule has 0 saturated heterocycles. The van der Waals surface area contributed by atoms with Gasteiger partial charge in [-0.05, 0) is 23.8 Å². The number of methoxy groups -OCH3 is 1. The summed E-state index contributed by atoms with van der Waals surface area (Å²) in [6, 6.07) is 3.38. The molecule has 1 rings (SSSR count). The molecule has 98 valence electrons. The highest BCUT2D eigenvalue weighted by atomic mass is 19.3. The van der Waals surface area contributed by atoms with Crippen molar-refractivity contribution >= 4 is 12.2 Å². The van der Waals surface area contributed by atoms with E-state index in [0.29, 0.717) is 5.56 Å². The molecule has 0 unspecified atom stereocenters. The first-order valence-corrected chi connectivity index (χ1v) is 4.74. The number of amides is 2. The molecule has 2 amide bonds. The number of benzene rings is 1. The van der Waals surface area contributed by atoms with Crippen LogP contribution in [0.3, 0.4) is 0 Å². The summed E-state index contributed by atoms with van der Waals surface area (Å²) in [5.74, 6) is 0.0332. The number of nitrogens with two attached hydrogens (primary N) is 1. The molecular weight excluding hydrogens is 248 g/mol. The number of nitrogens with zero attached hydrogens (tertiary/aromatic N) is 1. The van der Waals surface area contributed by atoms with Crippen LogP contribution in [0.1, 0.15) is 5.56 Å². The van der Waals surface area contributed by atoms with Gasteiger partial charge in [0, 0.05) is 0 Å². The average molecular weight is 259 g/mol. The number of halogens is 2. The number of hydrogen-bond acceptors (Lipinski definition) is 4. The summed E-state index contributed by atoms with van der Waals surface area (Å²) in [5, 5.41) is 3.51. The van der Waals surface area contributed by atoms with Crippen LogP contribution in [-0.2, 0) is 0 Å². The number of rotatable bonds is 5. The van der Waals surface area contributed by atoms with Crippen LogP contribution in [0.2, 0.25) is 0 Å². The molecule has 0 aromatic heterocycles. The molecule has 0 saturated carbocycles. The molecule has 0 bridgehead atoms. The summed E-state index contributed by atoms with van der Waals surface area (Å²) >= 11 is 0. The quantitative estimate of drug-likeness (QED) is 0.617. The number of nitrogens with one attached hydrogen (secondary N) is 1.